The summed E-state index contributed by atoms with van der Waals surface area (Å²) in [4.78, 5) is 60.9. The molecule has 2 aliphatic rings. The summed E-state index contributed by atoms with van der Waals surface area (Å²) in [5.41, 5.74) is 0.864. The zero-order chi connectivity index (χ0) is 31.7. The van der Waals surface area contributed by atoms with Gasteiger partial charge in [-0.3, -0.25) is 14.5 Å². The van der Waals surface area contributed by atoms with Crippen molar-refractivity contribution in [3.63, 3.8) is 0 Å². The fraction of sp³-hybridized carbons (Fsp3) is 0.406. The number of amidine groups is 1. The summed E-state index contributed by atoms with van der Waals surface area (Å²) in [5.74, 6) is -1.79. The van der Waals surface area contributed by atoms with E-state index in [0.29, 0.717) is 18.9 Å². The molecule has 2 heterocycles. The number of piperazine rings is 1. The van der Waals surface area contributed by atoms with Crippen LogP contribution >= 0.6 is 0 Å². The van der Waals surface area contributed by atoms with Gasteiger partial charge in [0, 0.05) is 61.5 Å². The van der Waals surface area contributed by atoms with Crippen LogP contribution in [0.1, 0.15) is 52.7 Å². The van der Waals surface area contributed by atoms with Crippen molar-refractivity contribution in [2.75, 3.05) is 37.6 Å². The number of hydrogen-bond donors (Lipinski definition) is 2. The number of nitrogens with one attached hydrogen (secondary N) is 2. The minimum Gasteiger partial charge on any atom is -0.352 e. The van der Waals surface area contributed by atoms with Gasteiger partial charge >= 0.3 is 12.1 Å². The van der Waals surface area contributed by atoms with Crippen molar-refractivity contribution in [2.24, 2.45) is 4.99 Å². The Morgan fingerprint density at radius 3 is 2.02 bits per heavy atom. The lowest BCUT2D eigenvalue weighted by Gasteiger charge is -2.36. The van der Waals surface area contributed by atoms with E-state index in [4.69, 9.17) is 0 Å². The molecule has 0 atom stereocenters. The number of halogens is 1. The quantitative estimate of drug-likeness (QED) is 0.303. The number of benzene rings is 2. The Morgan fingerprint density at radius 2 is 1.42 bits per heavy atom. The van der Waals surface area contributed by atoms with E-state index in [-0.39, 0.29) is 48.5 Å². The molecule has 0 aromatic heterocycles. The van der Waals surface area contributed by atoms with Gasteiger partial charge in [0.2, 0.25) is 0 Å². The maximum absolute atomic E-state index is 15.0. The Kier molecular flexibility index (Phi) is 11.6. The van der Waals surface area contributed by atoms with Gasteiger partial charge < -0.3 is 20.4 Å². The van der Waals surface area contributed by atoms with E-state index in [1.165, 1.54) is 28.0 Å². The largest absolute Gasteiger partial charge is 0.352 e. The van der Waals surface area contributed by atoms with Crippen molar-refractivity contribution in [2.45, 2.75) is 53.6 Å². The monoisotopic (exact) mass is 592 g/mol. The molecular formula is C32H41FN6O4. The predicted octanol–water partition coefficient (Wildman–Crippen LogP) is 4.45. The van der Waals surface area contributed by atoms with Crippen LogP contribution in [0.15, 0.2) is 59.6 Å². The van der Waals surface area contributed by atoms with Crippen LogP contribution in [0.3, 0.4) is 0 Å². The Bertz CT molecular complexity index is 1380. The molecule has 2 aliphatic heterocycles. The first-order valence-corrected chi connectivity index (χ1v) is 14.7. The van der Waals surface area contributed by atoms with Crippen LogP contribution < -0.4 is 15.5 Å². The third-order valence-corrected chi connectivity index (χ3v) is 6.64. The summed E-state index contributed by atoms with van der Waals surface area (Å²) in [7, 11) is 0. The molecule has 0 bridgehead atoms. The number of nitrogens with zero attached hydrogens (tertiary/aromatic N) is 4. The molecule has 0 spiro atoms. The van der Waals surface area contributed by atoms with Crippen LogP contribution in [-0.2, 0) is 9.59 Å². The van der Waals surface area contributed by atoms with E-state index in [1.54, 1.807) is 6.07 Å². The molecule has 5 amide bonds. The fourth-order valence-corrected chi connectivity index (χ4v) is 4.77. The average Bonchev–Trinajstić information content (AvgIpc) is 2.99. The summed E-state index contributed by atoms with van der Waals surface area (Å²) >= 11 is 0. The Hall–Kier alpha value is -4.54. The maximum atomic E-state index is 15.0. The number of ketones is 1. The molecule has 4 rings (SSSR count). The number of anilines is 1. The van der Waals surface area contributed by atoms with Gasteiger partial charge in [-0.15, -0.1) is 0 Å². The van der Waals surface area contributed by atoms with E-state index in [9.17, 15) is 19.2 Å². The molecule has 2 aromatic carbocycles. The zero-order valence-corrected chi connectivity index (χ0v) is 25.7. The third-order valence-electron chi connectivity index (χ3n) is 6.64. The molecule has 43 heavy (non-hydrogen) atoms. The van der Waals surface area contributed by atoms with Gasteiger partial charge in [0.25, 0.3) is 11.7 Å². The Morgan fingerprint density at radius 1 is 0.814 bits per heavy atom. The van der Waals surface area contributed by atoms with Crippen LogP contribution in [0, 0.1) is 5.82 Å². The van der Waals surface area contributed by atoms with Gasteiger partial charge in [-0.05, 0) is 39.8 Å². The van der Waals surface area contributed by atoms with E-state index >= 15 is 4.39 Å². The molecule has 0 radical (unpaired) electrons. The number of Topliss-reactive ketones (excluding diaryl/α,β-unsaturated/α-hetero) is 1. The molecule has 230 valence electrons. The molecule has 11 heteroatoms. The first kappa shape index (κ1) is 33.0. The SMILES string of the molecule is CC.CC(C)NC(=O)/N=C(\c1ccccc1)N1CCN(C(=O)C(=O)C2=CCN(C(=O)NC(C)C)c3cccc(F)c32)CC1. The predicted molar refractivity (Wildman–Crippen MR) is 167 cm³/mol. The summed E-state index contributed by atoms with van der Waals surface area (Å²) in [6.07, 6.45) is 1.43. The number of rotatable bonds is 5. The van der Waals surface area contributed by atoms with Gasteiger partial charge in [-0.25, -0.2) is 14.0 Å². The van der Waals surface area contributed by atoms with Crippen LogP contribution in [0.25, 0.3) is 5.57 Å². The lowest BCUT2D eigenvalue weighted by molar-refractivity contribution is -0.142. The number of hydrogen-bond acceptors (Lipinski definition) is 4. The van der Waals surface area contributed by atoms with Gasteiger partial charge in [0.1, 0.15) is 11.7 Å². The van der Waals surface area contributed by atoms with Gasteiger partial charge in [-0.2, -0.15) is 4.99 Å². The van der Waals surface area contributed by atoms with Crippen LogP contribution in [-0.4, -0.2) is 84.2 Å². The second-order valence-electron chi connectivity index (χ2n) is 10.5. The fourth-order valence-electron chi connectivity index (χ4n) is 4.77. The number of fused-ring (bicyclic) bond motifs is 1. The molecule has 2 aromatic rings. The van der Waals surface area contributed by atoms with Crippen LogP contribution in [0.5, 0.6) is 0 Å². The van der Waals surface area contributed by atoms with Gasteiger partial charge in [-0.1, -0.05) is 56.3 Å². The highest BCUT2D eigenvalue weighted by atomic mass is 19.1. The number of urea groups is 2. The van der Waals surface area contributed by atoms with Crippen molar-refractivity contribution >= 4 is 40.8 Å². The van der Waals surface area contributed by atoms with E-state index in [0.717, 1.165) is 5.56 Å². The second kappa shape index (κ2) is 15.1. The highest BCUT2D eigenvalue weighted by Gasteiger charge is 2.35. The van der Waals surface area contributed by atoms with Crippen molar-refractivity contribution in [1.29, 1.82) is 0 Å². The third kappa shape index (κ3) is 8.06. The molecular weight excluding hydrogens is 551 g/mol. The van der Waals surface area contributed by atoms with Crippen molar-refractivity contribution in [3.8, 4) is 0 Å². The minimum atomic E-state index is -0.832. The van der Waals surface area contributed by atoms with Crippen molar-refractivity contribution < 1.29 is 23.6 Å². The average molecular weight is 593 g/mol. The van der Waals surface area contributed by atoms with Gasteiger partial charge in [0.15, 0.2) is 0 Å². The second-order valence-corrected chi connectivity index (χ2v) is 10.5. The molecule has 1 saturated heterocycles. The summed E-state index contributed by atoms with van der Waals surface area (Å²) < 4.78 is 15.0. The van der Waals surface area contributed by atoms with Crippen LogP contribution in [0.4, 0.5) is 19.7 Å². The van der Waals surface area contributed by atoms with Gasteiger partial charge in [0.05, 0.1) is 5.69 Å². The minimum absolute atomic E-state index is 0.0203. The first-order chi connectivity index (χ1) is 20.6. The lowest BCUT2D eigenvalue weighted by atomic mass is 9.94. The maximum Gasteiger partial charge on any atom is 0.343 e. The summed E-state index contributed by atoms with van der Waals surface area (Å²) in [6, 6.07) is 12.4. The number of aliphatic imine (C=N–C) groups is 1. The van der Waals surface area contributed by atoms with Crippen molar-refractivity contribution in [3.05, 3.63) is 71.6 Å². The topological polar surface area (TPSA) is 114 Å². The Labute approximate surface area is 252 Å². The van der Waals surface area contributed by atoms with E-state index in [2.05, 4.69) is 15.6 Å². The lowest BCUT2D eigenvalue weighted by Crippen LogP contribution is -2.53. The van der Waals surface area contributed by atoms with E-state index < -0.39 is 29.6 Å². The van der Waals surface area contributed by atoms with Crippen LogP contribution in [0.2, 0.25) is 0 Å². The summed E-state index contributed by atoms with van der Waals surface area (Å²) in [5, 5.41) is 5.54. The highest BCUT2D eigenvalue weighted by Crippen LogP contribution is 2.34. The number of carbonyl (C=O) groups is 4. The number of carbonyl (C=O) groups excluding carboxylic acids is 4. The highest BCUT2D eigenvalue weighted by molar-refractivity contribution is 6.54. The summed E-state index contributed by atoms with van der Waals surface area (Å²) in [6.45, 7) is 12.4. The molecule has 10 nitrogen and oxygen atoms in total. The van der Waals surface area contributed by atoms with E-state index in [1.807, 2.05) is 76.8 Å². The molecule has 1 fully saturated rings. The standard InChI is InChI=1S/C30H35FN6O4.C2H6/c1-19(2)32-29(40)34-27(21-9-6-5-7-10-21)35-15-17-36(18-16-35)28(39)26(38)22-13-14-37(30(41)33-20(3)4)24-12-8-11-23(31)25(22)24;1-2/h5-13,19-20H,14-18H2,1-4H3,(H,32,40)(H,33,41);1-2H3/b34-27+;. The molecule has 0 unspecified atom stereocenters. The molecule has 0 aliphatic carbocycles. The first-order valence-electron chi connectivity index (χ1n) is 14.7. The molecule has 0 saturated carbocycles. The number of amides is 5. The zero-order valence-electron chi connectivity index (χ0n) is 25.7. The smallest absolute Gasteiger partial charge is 0.343 e. The van der Waals surface area contributed by atoms with Crippen molar-refractivity contribution in [1.82, 2.24) is 20.4 Å². The molecule has 2 N–H and O–H groups in total. The Balaban J connectivity index is 0.00000248. The normalized spacial score (nSPS) is 14.9.